The summed E-state index contributed by atoms with van der Waals surface area (Å²) in [7, 11) is 0. The Morgan fingerprint density at radius 2 is 2.14 bits per heavy atom. The fourth-order valence-corrected chi connectivity index (χ4v) is 2.12. The average molecular weight is 287 g/mol. The molecule has 2 N–H and O–H groups in total. The number of aromatic nitrogens is 3. The maximum Gasteiger partial charge on any atom is 0.276 e. The molecule has 0 aliphatic rings. The van der Waals surface area contributed by atoms with Crippen LogP contribution in [0, 0.1) is 6.92 Å². The van der Waals surface area contributed by atoms with Crippen LogP contribution in [0.4, 0.5) is 0 Å². The number of nitrogens with zero attached hydrogens (tertiary/aromatic N) is 4. The summed E-state index contributed by atoms with van der Waals surface area (Å²) in [4.78, 5) is 14.3. The van der Waals surface area contributed by atoms with E-state index in [4.69, 9.17) is 5.73 Å². The molecular formula is C15H21N5O. The lowest BCUT2D eigenvalue weighted by atomic mass is 10.1. The monoisotopic (exact) mass is 287 g/mol. The Balaban J connectivity index is 2.12. The molecule has 0 bridgehead atoms. The van der Waals surface area contributed by atoms with Gasteiger partial charge < -0.3 is 10.6 Å². The van der Waals surface area contributed by atoms with E-state index in [9.17, 15) is 4.79 Å². The van der Waals surface area contributed by atoms with Gasteiger partial charge in [0.05, 0.1) is 12.7 Å². The van der Waals surface area contributed by atoms with Crippen LogP contribution < -0.4 is 5.73 Å². The van der Waals surface area contributed by atoms with Crippen LogP contribution in [-0.2, 0) is 13.1 Å². The Kier molecular flexibility index (Phi) is 5.05. The highest BCUT2D eigenvalue weighted by atomic mass is 16.2. The van der Waals surface area contributed by atoms with Crippen molar-refractivity contribution in [2.45, 2.75) is 26.9 Å². The molecule has 0 unspecified atom stereocenters. The molecule has 6 nitrogen and oxygen atoms in total. The van der Waals surface area contributed by atoms with Crippen LogP contribution in [-0.4, -0.2) is 38.9 Å². The van der Waals surface area contributed by atoms with Gasteiger partial charge in [0.15, 0.2) is 5.69 Å². The highest BCUT2D eigenvalue weighted by Gasteiger charge is 2.18. The van der Waals surface area contributed by atoms with E-state index in [1.54, 1.807) is 15.8 Å². The summed E-state index contributed by atoms with van der Waals surface area (Å²) < 4.78 is 1.59. The number of hydrogen-bond acceptors (Lipinski definition) is 4. The van der Waals surface area contributed by atoms with Gasteiger partial charge in [0.1, 0.15) is 0 Å². The normalized spacial score (nSPS) is 10.6. The third-order valence-corrected chi connectivity index (χ3v) is 3.41. The first-order valence-corrected chi connectivity index (χ1v) is 7.09. The SMILES string of the molecule is CCN(Cc1ccccc1C)C(=O)c1cn(CCN)nn1. The van der Waals surface area contributed by atoms with Crippen LogP contribution in [0.25, 0.3) is 0 Å². The number of rotatable bonds is 6. The number of nitrogens with two attached hydrogens (primary N) is 1. The van der Waals surface area contributed by atoms with Gasteiger partial charge in [0, 0.05) is 19.6 Å². The molecule has 112 valence electrons. The summed E-state index contributed by atoms with van der Waals surface area (Å²) >= 11 is 0. The largest absolute Gasteiger partial charge is 0.333 e. The van der Waals surface area contributed by atoms with Crippen molar-refractivity contribution in [3.63, 3.8) is 0 Å². The molecule has 1 aromatic carbocycles. The molecule has 0 radical (unpaired) electrons. The number of amides is 1. The first-order chi connectivity index (χ1) is 10.2. The lowest BCUT2D eigenvalue weighted by Gasteiger charge is -2.20. The Hall–Kier alpha value is -2.21. The Labute approximate surface area is 124 Å². The molecule has 0 saturated carbocycles. The van der Waals surface area contributed by atoms with Crippen LogP contribution >= 0.6 is 0 Å². The number of carbonyl (C=O) groups is 1. The van der Waals surface area contributed by atoms with Gasteiger partial charge in [-0.3, -0.25) is 9.48 Å². The van der Waals surface area contributed by atoms with E-state index in [0.29, 0.717) is 31.9 Å². The molecule has 6 heteroatoms. The van der Waals surface area contributed by atoms with Crippen molar-refractivity contribution in [1.29, 1.82) is 0 Å². The smallest absolute Gasteiger partial charge is 0.276 e. The minimum Gasteiger partial charge on any atom is -0.333 e. The Bertz CT molecular complexity index is 608. The lowest BCUT2D eigenvalue weighted by Crippen LogP contribution is -2.30. The molecule has 0 atom stereocenters. The minimum atomic E-state index is -0.107. The maximum atomic E-state index is 12.5. The van der Waals surface area contributed by atoms with Crippen molar-refractivity contribution in [3.05, 3.63) is 47.3 Å². The summed E-state index contributed by atoms with van der Waals surface area (Å²) in [6.45, 7) is 6.23. The van der Waals surface area contributed by atoms with E-state index in [1.807, 2.05) is 38.1 Å². The maximum absolute atomic E-state index is 12.5. The van der Waals surface area contributed by atoms with Crippen molar-refractivity contribution in [1.82, 2.24) is 19.9 Å². The molecule has 0 saturated heterocycles. The molecular weight excluding hydrogens is 266 g/mol. The van der Waals surface area contributed by atoms with Crippen LogP contribution in [0.3, 0.4) is 0 Å². The molecule has 0 spiro atoms. The molecule has 21 heavy (non-hydrogen) atoms. The first kappa shape index (κ1) is 15.2. The highest BCUT2D eigenvalue weighted by molar-refractivity contribution is 5.91. The van der Waals surface area contributed by atoms with E-state index in [-0.39, 0.29) is 5.91 Å². The minimum absolute atomic E-state index is 0.107. The highest BCUT2D eigenvalue weighted by Crippen LogP contribution is 2.12. The van der Waals surface area contributed by atoms with Gasteiger partial charge in [0.25, 0.3) is 5.91 Å². The number of hydrogen-bond donors (Lipinski definition) is 1. The second-order valence-corrected chi connectivity index (χ2v) is 4.90. The third-order valence-electron chi connectivity index (χ3n) is 3.41. The van der Waals surface area contributed by atoms with Gasteiger partial charge in [-0.25, -0.2) is 0 Å². The van der Waals surface area contributed by atoms with E-state index in [0.717, 1.165) is 5.56 Å². The van der Waals surface area contributed by atoms with Gasteiger partial charge in [-0.15, -0.1) is 5.10 Å². The molecule has 0 aliphatic heterocycles. The third kappa shape index (κ3) is 3.66. The fraction of sp³-hybridized carbons (Fsp3) is 0.400. The zero-order valence-corrected chi connectivity index (χ0v) is 12.5. The zero-order chi connectivity index (χ0) is 15.2. The molecule has 2 aromatic rings. The molecule has 0 aliphatic carbocycles. The topological polar surface area (TPSA) is 77.0 Å². The number of aryl methyl sites for hydroxylation is 1. The van der Waals surface area contributed by atoms with Crippen molar-refractivity contribution in [3.8, 4) is 0 Å². The number of benzene rings is 1. The summed E-state index contributed by atoms with van der Waals surface area (Å²) in [6.07, 6.45) is 1.65. The predicted octanol–water partition coefficient (Wildman–Crippen LogP) is 1.21. The second-order valence-electron chi connectivity index (χ2n) is 4.90. The zero-order valence-electron chi connectivity index (χ0n) is 12.5. The van der Waals surface area contributed by atoms with Gasteiger partial charge >= 0.3 is 0 Å². The van der Waals surface area contributed by atoms with Crippen LogP contribution in [0.1, 0.15) is 28.5 Å². The van der Waals surface area contributed by atoms with Crippen LogP contribution in [0.2, 0.25) is 0 Å². The predicted molar refractivity (Wildman–Crippen MR) is 80.7 cm³/mol. The van der Waals surface area contributed by atoms with E-state index in [2.05, 4.69) is 10.3 Å². The molecule has 1 aromatic heterocycles. The quantitative estimate of drug-likeness (QED) is 0.866. The first-order valence-electron chi connectivity index (χ1n) is 7.09. The van der Waals surface area contributed by atoms with Gasteiger partial charge in [-0.05, 0) is 25.0 Å². The lowest BCUT2D eigenvalue weighted by molar-refractivity contribution is 0.0746. The van der Waals surface area contributed by atoms with Gasteiger partial charge in [-0.1, -0.05) is 29.5 Å². The van der Waals surface area contributed by atoms with Crippen LogP contribution in [0.15, 0.2) is 30.5 Å². The number of carbonyl (C=O) groups excluding carboxylic acids is 1. The molecule has 0 fully saturated rings. The van der Waals surface area contributed by atoms with Crippen molar-refractivity contribution < 1.29 is 4.79 Å². The van der Waals surface area contributed by atoms with E-state index < -0.39 is 0 Å². The molecule has 2 rings (SSSR count). The molecule has 1 heterocycles. The van der Waals surface area contributed by atoms with Crippen LogP contribution in [0.5, 0.6) is 0 Å². The van der Waals surface area contributed by atoms with Gasteiger partial charge in [-0.2, -0.15) is 0 Å². The summed E-state index contributed by atoms with van der Waals surface area (Å²) in [6, 6.07) is 8.06. The van der Waals surface area contributed by atoms with Crippen molar-refractivity contribution in [2.75, 3.05) is 13.1 Å². The average Bonchev–Trinajstić information content (AvgIpc) is 2.95. The Morgan fingerprint density at radius 3 is 2.81 bits per heavy atom. The second kappa shape index (κ2) is 6.99. The van der Waals surface area contributed by atoms with E-state index >= 15 is 0 Å². The van der Waals surface area contributed by atoms with Crippen molar-refractivity contribution in [2.24, 2.45) is 5.73 Å². The van der Waals surface area contributed by atoms with E-state index in [1.165, 1.54) is 5.56 Å². The summed E-state index contributed by atoms with van der Waals surface area (Å²) in [5.74, 6) is -0.107. The van der Waals surface area contributed by atoms with Crippen molar-refractivity contribution >= 4 is 5.91 Å². The molecule has 1 amide bonds. The Morgan fingerprint density at radius 1 is 1.38 bits per heavy atom. The fourth-order valence-electron chi connectivity index (χ4n) is 2.12. The van der Waals surface area contributed by atoms with Gasteiger partial charge in [0.2, 0.25) is 0 Å². The standard InChI is InChI=1S/C15H21N5O/c1-3-19(10-13-7-5-4-6-12(13)2)15(21)14-11-20(9-8-16)18-17-14/h4-7,11H,3,8-10,16H2,1-2H3. The summed E-state index contributed by atoms with van der Waals surface area (Å²) in [5.41, 5.74) is 8.14. The summed E-state index contributed by atoms with van der Waals surface area (Å²) in [5, 5.41) is 7.84.